The fourth-order valence-electron chi connectivity index (χ4n) is 5.74. The Morgan fingerprint density at radius 2 is 1.06 bits per heavy atom. The number of hydrogen-bond donors (Lipinski definition) is 3. The van der Waals surface area contributed by atoms with E-state index in [9.17, 15) is 19.4 Å². The first-order chi connectivity index (χ1) is 25.8. The first-order valence-electron chi connectivity index (χ1n) is 21.5. The number of carbonyl (C=O) groups is 1. The number of aliphatic hydroxyl groups is 2. The Labute approximate surface area is 325 Å². The van der Waals surface area contributed by atoms with E-state index in [1.54, 1.807) is 0 Å². The average Bonchev–Trinajstić information content (AvgIpc) is 3.15. The van der Waals surface area contributed by atoms with Crippen molar-refractivity contribution in [3.05, 3.63) is 36.5 Å². The lowest BCUT2D eigenvalue weighted by molar-refractivity contribution is -0.154. The van der Waals surface area contributed by atoms with Crippen LogP contribution in [-0.2, 0) is 27.9 Å². The van der Waals surface area contributed by atoms with Crippen LogP contribution in [0.5, 0.6) is 0 Å². The average molecular weight is 773 g/mol. The van der Waals surface area contributed by atoms with Crippen LogP contribution in [0, 0.1) is 0 Å². The zero-order valence-corrected chi connectivity index (χ0v) is 34.9. The van der Waals surface area contributed by atoms with Crippen LogP contribution in [0.2, 0.25) is 0 Å². The minimum absolute atomic E-state index is 0.0410. The Balaban J connectivity index is 4.18. The zero-order valence-electron chi connectivity index (χ0n) is 34.0. The minimum atomic E-state index is -4.52. The second-order valence-electron chi connectivity index (χ2n) is 14.4. The molecule has 0 aliphatic heterocycles. The van der Waals surface area contributed by atoms with Crippen LogP contribution in [0.4, 0.5) is 0 Å². The van der Waals surface area contributed by atoms with Gasteiger partial charge in [-0.05, 0) is 64.2 Å². The highest BCUT2D eigenvalue weighted by molar-refractivity contribution is 7.47. The van der Waals surface area contributed by atoms with Crippen molar-refractivity contribution >= 4 is 13.8 Å². The minimum Gasteiger partial charge on any atom is -0.457 e. The number of hydrogen-bond acceptors (Lipinski definition) is 8. The normalized spacial score (nSPS) is 14.4. The topological polar surface area (TPSA) is 132 Å². The van der Waals surface area contributed by atoms with Gasteiger partial charge in [0.05, 0.1) is 26.4 Å². The molecule has 0 fully saturated rings. The molecule has 0 radical (unpaired) electrons. The summed E-state index contributed by atoms with van der Waals surface area (Å²) in [6.45, 7) is 3.43. The number of phosphoric acid groups is 1. The summed E-state index contributed by atoms with van der Waals surface area (Å²) in [5, 5.41) is 18.3. The molecule has 9 nitrogen and oxygen atoms in total. The number of carbonyl (C=O) groups excluding carboxylic acids is 1. The molecule has 0 spiro atoms. The van der Waals surface area contributed by atoms with Crippen molar-refractivity contribution in [1.29, 1.82) is 0 Å². The quantitative estimate of drug-likeness (QED) is 0.0240. The van der Waals surface area contributed by atoms with Gasteiger partial charge in [0.25, 0.3) is 0 Å². The third kappa shape index (κ3) is 40.2. The predicted octanol–water partition coefficient (Wildman–Crippen LogP) is 11.6. The number of phosphoric ester groups is 1. The summed E-state index contributed by atoms with van der Waals surface area (Å²) in [6.07, 6.45) is 42.4. The van der Waals surface area contributed by atoms with Crippen LogP contribution in [-0.4, -0.2) is 66.3 Å². The van der Waals surface area contributed by atoms with Crippen LogP contribution in [0.25, 0.3) is 0 Å². The molecule has 10 heteroatoms. The van der Waals surface area contributed by atoms with E-state index >= 15 is 0 Å². The first kappa shape index (κ1) is 51.7. The molecule has 0 rings (SSSR count). The maximum Gasteiger partial charge on any atom is 0.472 e. The smallest absolute Gasteiger partial charge is 0.457 e. The van der Waals surface area contributed by atoms with Crippen molar-refractivity contribution in [3.63, 3.8) is 0 Å². The number of esters is 1. The van der Waals surface area contributed by atoms with Crippen LogP contribution in [0.15, 0.2) is 36.5 Å². The van der Waals surface area contributed by atoms with Gasteiger partial charge in [0.2, 0.25) is 0 Å². The highest BCUT2D eigenvalue weighted by Gasteiger charge is 2.26. The Hall–Kier alpha value is -1.32. The second-order valence-corrected chi connectivity index (χ2v) is 15.8. The lowest BCUT2D eigenvalue weighted by Gasteiger charge is -2.20. The van der Waals surface area contributed by atoms with Crippen molar-refractivity contribution in [1.82, 2.24) is 0 Å². The maximum atomic E-state index is 12.6. The SMILES string of the molecule is CCC/C=C\C/C=C\CCCCCCCCOCC(COP(=O)(O)OCC(O)CO)OC(=O)CCCCCCCCC/C=C\CCCCCCCCC. The van der Waals surface area contributed by atoms with Gasteiger partial charge in [-0.2, -0.15) is 0 Å². The number of allylic oxidation sites excluding steroid dienone is 6. The Morgan fingerprint density at radius 1 is 0.585 bits per heavy atom. The van der Waals surface area contributed by atoms with Gasteiger partial charge < -0.3 is 24.6 Å². The van der Waals surface area contributed by atoms with E-state index in [1.807, 2.05) is 0 Å². The summed E-state index contributed by atoms with van der Waals surface area (Å²) < 4.78 is 33.3. The summed E-state index contributed by atoms with van der Waals surface area (Å²) in [5.74, 6) is -0.391. The molecule has 0 saturated carbocycles. The standard InChI is InChI=1S/C43H81O9P/c1-3-5-7-9-11-13-15-17-19-20-21-22-23-25-27-29-31-33-35-43(46)52-42(40-51-53(47,48)50-38-41(45)37-44)39-49-36-34-32-30-28-26-24-18-16-14-12-10-8-6-4-2/h8,10,14,16,19-20,41-42,44-45H,3-7,9,11-13,15,17-18,21-40H2,1-2H3,(H,47,48)/b10-8-,16-14-,20-19-. The van der Waals surface area contributed by atoms with Gasteiger partial charge in [-0.1, -0.05) is 153 Å². The molecule has 0 bridgehead atoms. The monoisotopic (exact) mass is 773 g/mol. The highest BCUT2D eigenvalue weighted by Crippen LogP contribution is 2.43. The number of rotatable bonds is 41. The van der Waals surface area contributed by atoms with Crippen LogP contribution in [0.3, 0.4) is 0 Å². The van der Waals surface area contributed by atoms with Gasteiger partial charge in [0.15, 0.2) is 0 Å². The van der Waals surface area contributed by atoms with Gasteiger partial charge in [-0.25, -0.2) is 4.57 Å². The van der Waals surface area contributed by atoms with Crippen molar-refractivity contribution in [2.45, 2.75) is 199 Å². The zero-order chi connectivity index (χ0) is 38.9. The Kier molecular flexibility index (Phi) is 39.3. The van der Waals surface area contributed by atoms with Gasteiger partial charge in [0.1, 0.15) is 12.2 Å². The van der Waals surface area contributed by atoms with E-state index in [1.165, 1.54) is 96.3 Å². The van der Waals surface area contributed by atoms with Crippen LogP contribution in [0.1, 0.15) is 187 Å². The van der Waals surface area contributed by atoms with Gasteiger partial charge in [0, 0.05) is 13.0 Å². The number of aliphatic hydroxyl groups excluding tert-OH is 2. The summed E-state index contributed by atoms with van der Waals surface area (Å²) in [4.78, 5) is 22.6. The van der Waals surface area contributed by atoms with Crippen molar-refractivity contribution in [2.75, 3.05) is 33.0 Å². The lowest BCUT2D eigenvalue weighted by atomic mass is 10.1. The van der Waals surface area contributed by atoms with E-state index in [4.69, 9.17) is 23.6 Å². The molecule has 0 saturated heterocycles. The lowest BCUT2D eigenvalue weighted by Crippen LogP contribution is -2.29. The molecule has 0 aromatic carbocycles. The van der Waals surface area contributed by atoms with E-state index in [0.29, 0.717) is 6.61 Å². The van der Waals surface area contributed by atoms with Crippen molar-refractivity contribution in [3.8, 4) is 0 Å². The molecule has 0 aliphatic carbocycles. The molecule has 0 heterocycles. The third-order valence-corrected chi connectivity index (χ3v) is 9.98. The van der Waals surface area contributed by atoms with Crippen LogP contribution >= 0.6 is 7.82 Å². The molecule has 0 amide bonds. The van der Waals surface area contributed by atoms with E-state index in [0.717, 1.165) is 70.6 Å². The summed E-state index contributed by atoms with van der Waals surface area (Å²) in [6, 6.07) is 0. The Bertz CT molecular complexity index is 923. The molecule has 0 aromatic heterocycles. The molecule has 3 unspecified atom stereocenters. The van der Waals surface area contributed by atoms with E-state index in [-0.39, 0.29) is 19.6 Å². The second kappa shape index (κ2) is 40.3. The molecular weight excluding hydrogens is 691 g/mol. The van der Waals surface area contributed by atoms with E-state index < -0.39 is 39.2 Å². The molecule has 0 aromatic rings. The van der Waals surface area contributed by atoms with Gasteiger partial charge in [-0.15, -0.1) is 0 Å². The summed E-state index contributed by atoms with van der Waals surface area (Å²) in [7, 11) is -4.52. The highest BCUT2D eigenvalue weighted by atomic mass is 31.2. The van der Waals surface area contributed by atoms with E-state index in [2.05, 4.69) is 50.3 Å². The number of ether oxygens (including phenoxy) is 2. The molecule has 0 aliphatic rings. The fourth-order valence-corrected chi connectivity index (χ4v) is 6.53. The predicted molar refractivity (Wildman–Crippen MR) is 219 cm³/mol. The first-order valence-corrected chi connectivity index (χ1v) is 23.0. The van der Waals surface area contributed by atoms with Crippen molar-refractivity contribution < 1.29 is 43.0 Å². The molecule has 312 valence electrons. The molecule has 3 atom stereocenters. The summed E-state index contributed by atoms with van der Waals surface area (Å²) in [5.41, 5.74) is 0. The van der Waals surface area contributed by atoms with Gasteiger partial charge in [-0.3, -0.25) is 13.8 Å². The molecule has 53 heavy (non-hydrogen) atoms. The number of unbranched alkanes of at least 4 members (excludes halogenated alkanes) is 21. The molecular formula is C43H81O9P. The maximum absolute atomic E-state index is 12.6. The summed E-state index contributed by atoms with van der Waals surface area (Å²) >= 11 is 0. The largest absolute Gasteiger partial charge is 0.472 e. The van der Waals surface area contributed by atoms with Gasteiger partial charge >= 0.3 is 13.8 Å². The third-order valence-electron chi connectivity index (χ3n) is 9.03. The van der Waals surface area contributed by atoms with Crippen LogP contribution < -0.4 is 0 Å². The fraction of sp³-hybridized carbons (Fsp3) is 0.837. The van der Waals surface area contributed by atoms with Crippen molar-refractivity contribution in [2.24, 2.45) is 0 Å². The Morgan fingerprint density at radius 3 is 1.60 bits per heavy atom. The molecule has 3 N–H and O–H groups in total.